The second-order valence-electron chi connectivity index (χ2n) is 9.80. The number of methoxy groups -OCH3 is 1. The molecule has 4 amide bonds. The van der Waals surface area contributed by atoms with E-state index in [1.54, 1.807) is 42.6 Å². The first-order valence-corrected chi connectivity index (χ1v) is 13.0. The Morgan fingerprint density at radius 1 is 1.13 bits per heavy atom. The molecule has 0 unspecified atom stereocenters. The Labute approximate surface area is 228 Å². The summed E-state index contributed by atoms with van der Waals surface area (Å²) in [5, 5.41) is 8.37. The number of carbonyl (C=O) groups is 4. The molecule has 2 aliphatic heterocycles. The molecule has 210 valence electrons. The number of hydrogen-bond acceptors (Lipinski definition) is 7. The third kappa shape index (κ3) is 9.68. The maximum absolute atomic E-state index is 13.5. The van der Waals surface area contributed by atoms with E-state index in [0.29, 0.717) is 17.9 Å². The van der Waals surface area contributed by atoms with Crippen molar-refractivity contribution in [2.75, 3.05) is 33.4 Å². The van der Waals surface area contributed by atoms with Crippen molar-refractivity contribution in [1.82, 2.24) is 25.8 Å². The van der Waals surface area contributed by atoms with Crippen LogP contribution in [0.4, 0.5) is 0 Å². The third-order valence-corrected chi connectivity index (χ3v) is 6.11. The van der Waals surface area contributed by atoms with Gasteiger partial charge in [-0.1, -0.05) is 32.0 Å². The fourth-order valence-corrected chi connectivity index (χ4v) is 4.15. The SMILES string of the molecule is COCCN1CC(=O)N[C@@H](C(=O)NCc2ccccn2)Cc2ccc(cc2)OCC(=O)N[C@@H](CC(C)C)C1=O. The topological polar surface area (TPSA) is 139 Å². The number of benzene rings is 1. The van der Waals surface area contributed by atoms with Crippen LogP contribution in [0.25, 0.3) is 0 Å². The van der Waals surface area contributed by atoms with Gasteiger partial charge in [-0.15, -0.1) is 0 Å². The van der Waals surface area contributed by atoms with Crippen molar-refractivity contribution in [2.45, 2.75) is 45.3 Å². The minimum atomic E-state index is -0.897. The van der Waals surface area contributed by atoms with Gasteiger partial charge in [-0.2, -0.15) is 0 Å². The smallest absolute Gasteiger partial charge is 0.258 e. The zero-order valence-corrected chi connectivity index (χ0v) is 22.6. The molecule has 3 heterocycles. The Morgan fingerprint density at radius 2 is 1.90 bits per heavy atom. The van der Waals surface area contributed by atoms with E-state index in [0.717, 1.165) is 5.56 Å². The molecular formula is C28H37N5O6. The summed E-state index contributed by atoms with van der Waals surface area (Å²) in [4.78, 5) is 58.0. The molecule has 2 atom stereocenters. The summed E-state index contributed by atoms with van der Waals surface area (Å²) in [7, 11) is 1.50. The highest BCUT2D eigenvalue weighted by Gasteiger charge is 2.30. The number of hydrogen-bond donors (Lipinski definition) is 3. The Balaban J connectivity index is 1.86. The molecule has 0 radical (unpaired) electrons. The number of ether oxygens (including phenoxy) is 2. The molecule has 2 bridgehead atoms. The van der Waals surface area contributed by atoms with Crippen LogP contribution in [-0.4, -0.2) is 79.0 Å². The van der Waals surface area contributed by atoms with E-state index >= 15 is 0 Å². The highest BCUT2D eigenvalue weighted by Crippen LogP contribution is 2.15. The minimum absolute atomic E-state index is 0.101. The molecule has 4 rings (SSSR count). The third-order valence-electron chi connectivity index (χ3n) is 6.11. The van der Waals surface area contributed by atoms with Crippen LogP contribution in [-0.2, 0) is 36.9 Å². The molecule has 0 aliphatic carbocycles. The molecule has 0 saturated heterocycles. The fourth-order valence-electron chi connectivity index (χ4n) is 4.15. The van der Waals surface area contributed by atoms with E-state index in [9.17, 15) is 19.2 Å². The van der Waals surface area contributed by atoms with Crippen molar-refractivity contribution in [1.29, 1.82) is 0 Å². The second kappa shape index (κ2) is 14.8. The monoisotopic (exact) mass is 539 g/mol. The number of carbonyl (C=O) groups excluding carboxylic acids is 4. The first-order valence-electron chi connectivity index (χ1n) is 13.0. The first kappa shape index (κ1) is 29.6. The number of nitrogens with one attached hydrogen (secondary N) is 3. The van der Waals surface area contributed by atoms with Crippen molar-refractivity contribution in [3.05, 3.63) is 59.9 Å². The number of nitrogens with zero attached hydrogens (tertiary/aromatic N) is 2. The second-order valence-corrected chi connectivity index (χ2v) is 9.80. The molecule has 1 aromatic heterocycles. The predicted molar refractivity (Wildman–Crippen MR) is 143 cm³/mol. The number of aromatic nitrogens is 1. The van der Waals surface area contributed by atoms with Crippen LogP contribution in [0.15, 0.2) is 48.7 Å². The summed E-state index contributed by atoms with van der Waals surface area (Å²) in [5.41, 5.74) is 1.46. The molecule has 11 nitrogen and oxygen atoms in total. The van der Waals surface area contributed by atoms with Crippen molar-refractivity contribution in [3.63, 3.8) is 0 Å². The first-order chi connectivity index (χ1) is 18.7. The van der Waals surface area contributed by atoms with Gasteiger partial charge in [-0.25, -0.2) is 0 Å². The van der Waals surface area contributed by atoms with Crippen molar-refractivity contribution in [3.8, 4) is 5.75 Å². The van der Waals surface area contributed by atoms with E-state index in [-0.39, 0.29) is 51.1 Å². The van der Waals surface area contributed by atoms with Crippen LogP contribution in [0.1, 0.15) is 31.5 Å². The molecule has 11 heteroatoms. The average Bonchev–Trinajstić information content (AvgIpc) is 2.92. The van der Waals surface area contributed by atoms with Crippen LogP contribution < -0.4 is 20.7 Å². The largest absolute Gasteiger partial charge is 0.484 e. The fraction of sp³-hybridized carbons (Fsp3) is 0.464. The zero-order valence-electron chi connectivity index (χ0n) is 22.6. The van der Waals surface area contributed by atoms with Gasteiger partial charge in [0.25, 0.3) is 5.91 Å². The van der Waals surface area contributed by atoms with Gasteiger partial charge < -0.3 is 30.3 Å². The average molecular weight is 540 g/mol. The van der Waals surface area contributed by atoms with Gasteiger partial charge in [0, 0.05) is 26.3 Å². The van der Waals surface area contributed by atoms with Gasteiger partial charge in [0.15, 0.2) is 6.61 Å². The number of fused-ring (bicyclic) bond motifs is 13. The number of pyridine rings is 1. The minimum Gasteiger partial charge on any atom is -0.484 e. The summed E-state index contributed by atoms with van der Waals surface area (Å²) in [6.07, 6.45) is 2.23. The highest BCUT2D eigenvalue weighted by atomic mass is 16.5. The molecule has 1 aromatic carbocycles. The van der Waals surface area contributed by atoms with Crippen LogP contribution >= 0.6 is 0 Å². The normalized spacial score (nSPS) is 18.9. The zero-order chi connectivity index (χ0) is 28.2. The lowest BCUT2D eigenvalue weighted by atomic mass is 10.0. The Kier molecular flexibility index (Phi) is 11.2. The lowest BCUT2D eigenvalue weighted by Gasteiger charge is -2.29. The van der Waals surface area contributed by atoms with Crippen molar-refractivity contribution in [2.24, 2.45) is 5.92 Å². The Morgan fingerprint density at radius 3 is 2.56 bits per heavy atom. The van der Waals surface area contributed by atoms with Gasteiger partial charge in [0.05, 0.1) is 25.4 Å². The molecule has 0 spiro atoms. The van der Waals surface area contributed by atoms with E-state index in [4.69, 9.17) is 9.47 Å². The summed E-state index contributed by atoms with van der Waals surface area (Å²) in [6, 6.07) is 10.6. The molecule has 2 aromatic rings. The van der Waals surface area contributed by atoms with Crippen molar-refractivity contribution >= 4 is 23.6 Å². The van der Waals surface area contributed by atoms with Crippen LogP contribution in [0.2, 0.25) is 0 Å². The molecule has 2 aliphatic rings. The van der Waals surface area contributed by atoms with Crippen LogP contribution in [0.5, 0.6) is 5.75 Å². The van der Waals surface area contributed by atoms with Gasteiger partial charge in [0.2, 0.25) is 17.7 Å². The number of rotatable bonds is 8. The lowest BCUT2D eigenvalue weighted by Crippen LogP contribution is -2.55. The van der Waals surface area contributed by atoms with Gasteiger partial charge in [-0.05, 0) is 42.2 Å². The maximum atomic E-state index is 13.5. The predicted octanol–water partition coefficient (Wildman–Crippen LogP) is 0.824. The number of amides is 4. The molecule has 0 saturated carbocycles. The summed E-state index contributed by atoms with van der Waals surface area (Å²) in [6.45, 7) is 3.86. The maximum Gasteiger partial charge on any atom is 0.258 e. The molecule has 39 heavy (non-hydrogen) atoms. The van der Waals surface area contributed by atoms with Crippen molar-refractivity contribution < 1.29 is 28.7 Å². The van der Waals surface area contributed by atoms with Crippen LogP contribution in [0.3, 0.4) is 0 Å². The molecule has 3 N–H and O–H groups in total. The van der Waals surface area contributed by atoms with Gasteiger partial charge in [0.1, 0.15) is 17.8 Å². The summed E-state index contributed by atoms with van der Waals surface area (Å²) in [5.74, 6) is -1.16. The van der Waals surface area contributed by atoms with E-state index in [1.807, 2.05) is 19.9 Å². The summed E-state index contributed by atoms with van der Waals surface area (Å²) < 4.78 is 10.8. The summed E-state index contributed by atoms with van der Waals surface area (Å²) >= 11 is 0. The Hall–Kier alpha value is -3.99. The quantitative estimate of drug-likeness (QED) is 0.422. The Bertz CT molecular complexity index is 1110. The standard InChI is InChI=1S/C28H37N5O6/c1-19(2)14-24-28(37)33(12-13-38-3)17-25(34)31-23(27(36)30-16-21-6-4-5-11-29-21)15-20-7-9-22(10-8-20)39-18-26(35)32-24/h4-11,19,23-24H,12-18H2,1-3H3,(H,30,36)(H,31,34)(H,32,35)/t23-,24+/m1/s1. The van der Waals surface area contributed by atoms with E-state index < -0.39 is 29.8 Å². The van der Waals surface area contributed by atoms with E-state index in [2.05, 4.69) is 20.9 Å². The molecule has 0 fully saturated rings. The van der Waals surface area contributed by atoms with Crippen LogP contribution in [0, 0.1) is 5.92 Å². The highest BCUT2D eigenvalue weighted by molar-refractivity contribution is 5.93. The van der Waals surface area contributed by atoms with Gasteiger partial charge in [-0.3, -0.25) is 24.2 Å². The lowest BCUT2D eigenvalue weighted by molar-refractivity contribution is -0.141. The molecular weight excluding hydrogens is 502 g/mol. The van der Waals surface area contributed by atoms with E-state index in [1.165, 1.54) is 12.0 Å². The van der Waals surface area contributed by atoms with Gasteiger partial charge >= 0.3 is 0 Å².